The second-order valence-corrected chi connectivity index (χ2v) is 5.99. The highest BCUT2D eigenvalue weighted by atomic mass is 16.5. The largest absolute Gasteiger partial charge is 0.374 e. The van der Waals surface area contributed by atoms with E-state index in [2.05, 4.69) is 25.5 Å². The lowest BCUT2D eigenvalue weighted by atomic mass is 10.2. The molecule has 2 aromatic heterocycles. The predicted molar refractivity (Wildman–Crippen MR) is 85.5 cm³/mol. The van der Waals surface area contributed by atoms with Crippen LogP contribution in [0.2, 0.25) is 0 Å². The molecule has 1 N–H and O–H groups in total. The van der Waals surface area contributed by atoms with E-state index in [1.807, 2.05) is 18.5 Å². The first-order chi connectivity index (χ1) is 11.5. The normalized spacial score (nSPS) is 18.7. The lowest BCUT2D eigenvalue weighted by Gasteiger charge is -2.32. The molecule has 1 amide bonds. The van der Waals surface area contributed by atoms with Gasteiger partial charge < -0.3 is 14.6 Å². The number of hydrogen-bond donors (Lipinski definition) is 1. The second-order valence-electron chi connectivity index (χ2n) is 5.99. The van der Waals surface area contributed by atoms with Gasteiger partial charge in [-0.1, -0.05) is 5.16 Å². The number of ether oxygens (including phenoxy) is 1. The van der Waals surface area contributed by atoms with Crippen LogP contribution in [0, 0.1) is 20.8 Å². The van der Waals surface area contributed by atoms with Crippen LogP contribution in [0.3, 0.4) is 0 Å². The van der Waals surface area contributed by atoms with Crippen molar-refractivity contribution < 1.29 is 14.1 Å². The summed E-state index contributed by atoms with van der Waals surface area (Å²) >= 11 is 0. The first-order valence-corrected chi connectivity index (χ1v) is 7.95. The molecule has 0 bridgehead atoms. The molecular weight excluding hydrogens is 312 g/mol. The molecule has 0 radical (unpaired) electrons. The van der Waals surface area contributed by atoms with E-state index in [9.17, 15) is 4.79 Å². The average Bonchev–Trinajstić information content (AvgIpc) is 3.05. The van der Waals surface area contributed by atoms with Gasteiger partial charge in [-0.3, -0.25) is 9.69 Å². The number of anilines is 1. The Bertz CT molecular complexity index is 710. The number of nitrogens with zero attached hydrogens (tertiary/aromatic N) is 5. The summed E-state index contributed by atoms with van der Waals surface area (Å²) in [5.41, 5.74) is 0. The Hall–Kier alpha value is -2.26. The number of hydrogen-bond acceptors (Lipinski definition) is 7. The lowest BCUT2D eigenvalue weighted by molar-refractivity contribution is -0.119. The van der Waals surface area contributed by atoms with Crippen molar-refractivity contribution in [3.63, 3.8) is 0 Å². The van der Waals surface area contributed by atoms with Crippen LogP contribution in [-0.2, 0) is 16.1 Å². The summed E-state index contributed by atoms with van der Waals surface area (Å²) in [6, 6.07) is 1.69. The summed E-state index contributed by atoms with van der Waals surface area (Å²) in [5, 5.41) is 10.9. The molecule has 0 spiro atoms. The molecule has 1 unspecified atom stereocenters. The van der Waals surface area contributed by atoms with E-state index in [-0.39, 0.29) is 12.0 Å². The van der Waals surface area contributed by atoms with Crippen LogP contribution in [-0.4, -0.2) is 63.1 Å². The zero-order valence-electron chi connectivity index (χ0n) is 14.2. The second kappa shape index (κ2) is 7.10. The molecule has 0 saturated carbocycles. The van der Waals surface area contributed by atoms with Crippen molar-refractivity contribution in [3.05, 3.63) is 23.5 Å². The molecule has 2 aromatic rings. The first kappa shape index (κ1) is 16.6. The minimum Gasteiger partial charge on any atom is -0.374 e. The summed E-state index contributed by atoms with van der Waals surface area (Å²) in [6.07, 6.45) is -0.0133. The topological polar surface area (TPSA) is 98.3 Å². The first-order valence-electron chi connectivity index (χ1n) is 7.95. The number of carbonyl (C=O) groups is 1. The summed E-state index contributed by atoms with van der Waals surface area (Å²) in [5.74, 6) is 2.61. The molecule has 9 heteroatoms. The van der Waals surface area contributed by atoms with Gasteiger partial charge in [0.2, 0.25) is 5.91 Å². The van der Waals surface area contributed by atoms with E-state index < -0.39 is 0 Å². The monoisotopic (exact) mass is 334 g/mol. The maximum absolute atomic E-state index is 12.1. The summed E-state index contributed by atoms with van der Waals surface area (Å²) in [4.78, 5) is 18.5. The van der Waals surface area contributed by atoms with Crippen LogP contribution in [0.15, 0.2) is 10.6 Å². The van der Waals surface area contributed by atoms with Gasteiger partial charge in [0, 0.05) is 19.2 Å². The fourth-order valence-corrected chi connectivity index (χ4v) is 2.77. The van der Waals surface area contributed by atoms with Crippen molar-refractivity contribution in [3.8, 4) is 0 Å². The molecule has 0 aromatic carbocycles. The van der Waals surface area contributed by atoms with Crippen molar-refractivity contribution in [1.29, 1.82) is 0 Å². The smallest absolute Gasteiger partial charge is 0.239 e. The minimum atomic E-state index is -0.114. The minimum absolute atomic E-state index is 0.0133. The van der Waals surface area contributed by atoms with Crippen molar-refractivity contribution in [1.82, 2.24) is 24.8 Å². The van der Waals surface area contributed by atoms with Crippen molar-refractivity contribution >= 4 is 11.7 Å². The maximum atomic E-state index is 12.1. The molecule has 1 saturated heterocycles. The van der Waals surface area contributed by atoms with Crippen LogP contribution in [0.4, 0.5) is 5.82 Å². The fourth-order valence-electron chi connectivity index (χ4n) is 2.77. The van der Waals surface area contributed by atoms with E-state index in [1.165, 1.54) is 0 Å². The Balaban J connectivity index is 1.51. The van der Waals surface area contributed by atoms with Gasteiger partial charge in [0.1, 0.15) is 17.4 Å². The number of morpholine rings is 1. The zero-order chi connectivity index (χ0) is 17.1. The van der Waals surface area contributed by atoms with E-state index in [4.69, 9.17) is 9.26 Å². The highest BCUT2D eigenvalue weighted by molar-refractivity contribution is 5.91. The molecule has 0 aliphatic carbocycles. The van der Waals surface area contributed by atoms with Crippen LogP contribution in [0.1, 0.15) is 17.4 Å². The fraction of sp³-hybridized carbons (Fsp3) is 0.600. The van der Waals surface area contributed by atoms with Gasteiger partial charge in [0.15, 0.2) is 5.82 Å². The summed E-state index contributed by atoms with van der Waals surface area (Å²) < 4.78 is 12.6. The highest BCUT2D eigenvalue weighted by Crippen LogP contribution is 2.10. The lowest BCUT2D eigenvalue weighted by Crippen LogP contribution is -2.47. The van der Waals surface area contributed by atoms with E-state index in [1.54, 1.807) is 13.0 Å². The molecule has 1 aliphatic heterocycles. The molecule has 1 fully saturated rings. The predicted octanol–water partition coefficient (Wildman–Crippen LogP) is 0.531. The Morgan fingerprint density at radius 3 is 2.92 bits per heavy atom. The Morgan fingerprint density at radius 1 is 1.42 bits per heavy atom. The van der Waals surface area contributed by atoms with Gasteiger partial charge in [-0.15, -0.1) is 0 Å². The molecule has 1 aliphatic rings. The number of nitrogens with one attached hydrogen (secondary N) is 1. The standard InChI is InChI=1S/C15H22N6O3/c1-10-6-14(19-24-10)17-15(22)9-20-4-5-23-13(7-20)8-21-12(3)16-11(2)18-21/h6,13H,4-5,7-9H2,1-3H3,(H,17,19,22). The Morgan fingerprint density at radius 2 is 2.25 bits per heavy atom. The molecule has 24 heavy (non-hydrogen) atoms. The van der Waals surface area contributed by atoms with Crippen LogP contribution < -0.4 is 5.32 Å². The van der Waals surface area contributed by atoms with E-state index in [0.717, 1.165) is 18.2 Å². The van der Waals surface area contributed by atoms with Gasteiger partial charge in [-0.05, 0) is 20.8 Å². The van der Waals surface area contributed by atoms with E-state index >= 15 is 0 Å². The third kappa shape index (κ3) is 4.18. The van der Waals surface area contributed by atoms with Crippen LogP contribution >= 0.6 is 0 Å². The molecule has 1 atom stereocenters. The molecule has 9 nitrogen and oxygen atoms in total. The van der Waals surface area contributed by atoms with Crippen LogP contribution in [0.25, 0.3) is 0 Å². The van der Waals surface area contributed by atoms with Gasteiger partial charge >= 0.3 is 0 Å². The number of rotatable bonds is 5. The molecule has 3 rings (SSSR count). The Kier molecular flexibility index (Phi) is 4.91. The highest BCUT2D eigenvalue weighted by Gasteiger charge is 2.23. The van der Waals surface area contributed by atoms with Crippen LogP contribution in [0.5, 0.6) is 0 Å². The summed E-state index contributed by atoms with van der Waals surface area (Å²) in [6.45, 7) is 8.48. The third-order valence-electron chi connectivity index (χ3n) is 3.82. The van der Waals surface area contributed by atoms with E-state index in [0.29, 0.717) is 37.8 Å². The Labute approximate surface area is 140 Å². The quantitative estimate of drug-likeness (QED) is 0.851. The van der Waals surface area contributed by atoms with Gasteiger partial charge in [-0.25, -0.2) is 9.67 Å². The number of amides is 1. The number of aromatic nitrogens is 4. The molecule has 130 valence electrons. The van der Waals surface area contributed by atoms with Crippen molar-refractivity contribution in [2.45, 2.75) is 33.4 Å². The maximum Gasteiger partial charge on any atom is 0.239 e. The summed E-state index contributed by atoms with van der Waals surface area (Å²) in [7, 11) is 0. The van der Waals surface area contributed by atoms with Crippen molar-refractivity contribution in [2.24, 2.45) is 0 Å². The number of aryl methyl sites for hydroxylation is 3. The molecular formula is C15H22N6O3. The third-order valence-corrected chi connectivity index (χ3v) is 3.82. The number of carbonyl (C=O) groups excluding carboxylic acids is 1. The van der Waals surface area contributed by atoms with Gasteiger partial charge in [-0.2, -0.15) is 5.10 Å². The zero-order valence-corrected chi connectivity index (χ0v) is 14.2. The van der Waals surface area contributed by atoms with Gasteiger partial charge in [0.05, 0.1) is 25.8 Å². The average molecular weight is 334 g/mol. The van der Waals surface area contributed by atoms with Crippen molar-refractivity contribution in [2.75, 3.05) is 31.6 Å². The SMILES string of the molecule is Cc1nc(C)n(CC2CN(CC(=O)Nc3cc(C)on3)CCO2)n1. The molecule has 3 heterocycles. The van der Waals surface area contributed by atoms with Gasteiger partial charge in [0.25, 0.3) is 0 Å².